The molecule has 4 rings (SSSR count). The van der Waals surface area contributed by atoms with Gasteiger partial charge in [-0.15, -0.1) is 0 Å². The number of carbonyl (C=O) groups excluding carboxylic acids is 2. The molecule has 0 saturated heterocycles. The minimum Gasteiger partial charge on any atom is -0.289 e. The molecule has 1 N–H and O–H groups in total. The summed E-state index contributed by atoms with van der Waals surface area (Å²) in [6.07, 6.45) is 0. The van der Waals surface area contributed by atoms with Crippen LogP contribution in [0, 0.1) is 13.8 Å². The van der Waals surface area contributed by atoms with Crippen LogP contribution in [0.3, 0.4) is 0 Å². The van der Waals surface area contributed by atoms with Crippen LogP contribution in [0.1, 0.15) is 43.0 Å². The molecule has 1 aliphatic carbocycles. The summed E-state index contributed by atoms with van der Waals surface area (Å²) in [5.41, 5.74) is 2.73. The van der Waals surface area contributed by atoms with Gasteiger partial charge in [0, 0.05) is 16.7 Å². The van der Waals surface area contributed by atoms with E-state index in [9.17, 15) is 18.0 Å². The van der Waals surface area contributed by atoms with Crippen molar-refractivity contribution in [2.75, 3.05) is 4.72 Å². The largest absolute Gasteiger partial charge is 0.289 e. The number of hydrogen-bond acceptors (Lipinski definition) is 4. The molecule has 6 heteroatoms. The van der Waals surface area contributed by atoms with Crippen molar-refractivity contribution in [3.8, 4) is 0 Å². The molecule has 0 bridgehead atoms. The summed E-state index contributed by atoms with van der Waals surface area (Å²) >= 11 is 0. The molecule has 1 aliphatic rings. The van der Waals surface area contributed by atoms with Gasteiger partial charge in [0.05, 0.1) is 16.1 Å². The van der Waals surface area contributed by atoms with Crippen LogP contribution in [0.15, 0.2) is 65.6 Å². The molecule has 140 valence electrons. The van der Waals surface area contributed by atoms with Gasteiger partial charge in [-0.05, 0) is 31.5 Å². The van der Waals surface area contributed by atoms with Gasteiger partial charge < -0.3 is 0 Å². The van der Waals surface area contributed by atoms with Gasteiger partial charge in [0.15, 0.2) is 11.6 Å². The zero-order valence-corrected chi connectivity index (χ0v) is 16.1. The second kappa shape index (κ2) is 6.42. The maximum atomic E-state index is 13.1. The summed E-state index contributed by atoms with van der Waals surface area (Å²) in [6.45, 7) is 3.72. The lowest BCUT2D eigenvalue weighted by molar-refractivity contribution is 0.0976. The highest BCUT2D eigenvalue weighted by atomic mass is 32.2. The molecule has 5 nitrogen and oxygen atoms in total. The number of rotatable bonds is 3. The summed E-state index contributed by atoms with van der Waals surface area (Å²) in [4.78, 5) is 25.7. The number of fused-ring (bicyclic) bond motifs is 2. The van der Waals surface area contributed by atoms with Crippen molar-refractivity contribution in [2.45, 2.75) is 18.7 Å². The highest BCUT2D eigenvalue weighted by Crippen LogP contribution is 2.32. The molecule has 0 aliphatic heterocycles. The average molecular weight is 391 g/mol. The van der Waals surface area contributed by atoms with Crippen molar-refractivity contribution in [1.82, 2.24) is 0 Å². The van der Waals surface area contributed by atoms with E-state index in [1.165, 1.54) is 18.2 Å². The first-order valence-electron chi connectivity index (χ1n) is 8.71. The van der Waals surface area contributed by atoms with Crippen LogP contribution >= 0.6 is 0 Å². The van der Waals surface area contributed by atoms with E-state index in [0.29, 0.717) is 5.69 Å². The number of anilines is 1. The molecule has 0 atom stereocenters. The van der Waals surface area contributed by atoms with Crippen LogP contribution in [0.4, 0.5) is 5.69 Å². The van der Waals surface area contributed by atoms with E-state index >= 15 is 0 Å². The first-order chi connectivity index (χ1) is 13.3. The van der Waals surface area contributed by atoms with Crippen LogP contribution in [-0.4, -0.2) is 20.0 Å². The topological polar surface area (TPSA) is 80.3 Å². The molecule has 0 saturated carbocycles. The SMILES string of the molecule is Cc1ccc(NS(=O)(=O)c2cccc3c2C(=O)c2ccccc2C3=O)c(C)c1. The third-order valence-electron chi connectivity index (χ3n) is 4.83. The normalized spacial score (nSPS) is 13.1. The van der Waals surface area contributed by atoms with E-state index in [2.05, 4.69) is 4.72 Å². The Morgan fingerprint density at radius 2 is 1.39 bits per heavy atom. The van der Waals surface area contributed by atoms with Crippen LogP contribution in [-0.2, 0) is 10.0 Å². The Balaban J connectivity index is 1.86. The number of sulfonamides is 1. The molecule has 0 heterocycles. The van der Waals surface area contributed by atoms with Crippen molar-refractivity contribution >= 4 is 27.3 Å². The maximum Gasteiger partial charge on any atom is 0.262 e. The molecule has 3 aromatic rings. The first-order valence-corrected chi connectivity index (χ1v) is 10.2. The fourth-order valence-electron chi connectivity index (χ4n) is 3.47. The number of ketones is 2. The number of benzene rings is 3. The predicted octanol–water partition coefficient (Wildman–Crippen LogP) is 3.88. The average Bonchev–Trinajstić information content (AvgIpc) is 2.68. The van der Waals surface area contributed by atoms with Crippen molar-refractivity contribution in [3.63, 3.8) is 0 Å². The number of carbonyl (C=O) groups is 2. The number of hydrogen-bond donors (Lipinski definition) is 1. The lowest BCUT2D eigenvalue weighted by atomic mass is 9.84. The van der Waals surface area contributed by atoms with Gasteiger partial charge in [-0.2, -0.15) is 0 Å². The van der Waals surface area contributed by atoms with Crippen LogP contribution in [0.2, 0.25) is 0 Å². The minimum atomic E-state index is -4.07. The van der Waals surface area contributed by atoms with Crippen LogP contribution in [0.25, 0.3) is 0 Å². The number of nitrogens with one attached hydrogen (secondary N) is 1. The van der Waals surface area contributed by atoms with Gasteiger partial charge in [0.25, 0.3) is 10.0 Å². The Bertz CT molecular complexity index is 1260. The fourth-order valence-corrected chi connectivity index (χ4v) is 4.82. The molecule has 0 fully saturated rings. The predicted molar refractivity (Wildman–Crippen MR) is 106 cm³/mol. The van der Waals surface area contributed by atoms with Gasteiger partial charge in [-0.3, -0.25) is 14.3 Å². The van der Waals surface area contributed by atoms with Crippen molar-refractivity contribution in [1.29, 1.82) is 0 Å². The Kier molecular flexibility index (Phi) is 4.16. The number of aryl methyl sites for hydroxylation is 2. The standard InChI is InChI=1S/C22H17NO4S/c1-13-10-11-18(14(2)12-13)23-28(26,27)19-9-5-8-17-20(19)22(25)16-7-4-3-6-15(16)21(17)24/h3-12,23H,1-2H3. The van der Waals surface area contributed by atoms with E-state index in [4.69, 9.17) is 0 Å². The molecule has 0 unspecified atom stereocenters. The second-order valence-corrected chi connectivity index (χ2v) is 8.46. The van der Waals surface area contributed by atoms with Crippen molar-refractivity contribution in [2.24, 2.45) is 0 Å². The quantitative estimate of drug-likeness (QED) is 0.575. The third kappa shape index (κ3) is 2.82. The summed E-state index contributed by atoms with van der Waals surface area (Å²) in [5, 5.41) is 0. The molecule has 0 spiro atoms. The molecule has 0 aromatic heterocycles. The molecular formula is C22H17NO4S. The highest BCUT2D eigenvalue weighted by molar-refractivity contribution is 7.92. The van der Waals surface area contributed by atoms with Crippen molar-refractivity contribution < 1.29 is 18.0 Å². The summed E-state index contributed by atoms with van der Waals surface area (Å²) < 4.78 is 28.7. The Hall–Kier alpha value is -3.25. The zero-order valence-electron chi connectivity index (χ0n) is 15.3. The van der Waals surface area contributed by atoms with E-state index in [-0.39, 0.29) is 32.9 Å². The van der Waals surface area contributed by atoms with Crippen molar-refractivity contribution in [3.05, 3.63) is 94.0 Å². The monoisotopic (exact) mass is 391 g/mol. The third-order valence-corrected chi connectivity index (χ3v) is 6.24. The van der Waals surface area contributed by atoms with Gasteiger partial charge in [0.1, 0.15) is 0 Å². The summed E-state index contributed by atoms with van der Waals surface area (Å²) in [7, 11) is -4.07. The first kappa shape index (κ1) is 18.1. The smallest absolute Gasteiger partial charge is 0.262 e. The Labute approximate surface area is 163 Å². The van der Waals surface area contributed by atoms with E-state index < -0.39 is 15.8 Å². The van der Waals surface area contributed by atoms with E-state index in [1.54, 1.807) is 43.3 Å². The maximum absolute atomic E-state index is 13.1. The summed E-state index contributed by atoms with van der Waals surface area (Å²) in [5.74, 6) is -0.819. The Morgan fingerprint density at radius 3 is 2.07 bits per heavy atom. The second-order valence-electron chi connectivity index (χ2n) is 6.81. The highest BCUT2D eigenvalue weighted by Gasteiger charge is 2.34. The van der Waals surface area contributed by atoms with Gasteiger partial charge in [0.2, 0.25) is 0 Å². The van der Waals surface area contributed by atoms with E-state index in [0.717, 1.165) is 11.1 Å². The molecule has 0 amide bonds. The zero-order chi connectivity index (χ0) is 20.1. The minimum absolute atomic E-state index is 0.0801. The Morgan fingerprint density at radius 1 is 0.750 bits per heavy atom. The van der Waals surface area contributed by atoms with Gasteiger partial charge in [-0.25, -0.2) is 8.42 Å². The van der Waals surface area contributed by atoms with Crippen LogP contribution in [0.5, 0.6) is 0 Å². The molecule has 28 heavy (non-hydrogen) atoms. The van der Waals surface area contributed by atoms with Gasteiger partial charge in [-0.1, -0.05) is 54.1 Å². The lowest BCUT2D eigenvalue weighted by Gasteiger charge is -2.20. The lowest BCUT2D eigenvalue weighted by Crippen LogP contribution is -2.25. The van der Waals surface area contributed by atoms with E-state index in [1.807, 2.05) is 13.0 Å². The summed E-state index contributed by atoms with van der Waals surface area (Å²) in [6, 6.07) is 16.1. The van der Waals surface area contributed by atoms with Crippen LogP contribution < -0.4 is 4.72 Å². The molecular weight excluding hydrogens is 374 g/mol. The van der Waals surface area contributed by atoms with Gasteiger partial charge >= 0.3 is 0 Å². The molecule has 0 radical (unpaired) electrons. The molecule has 3 aromatic carbocycles. The fraction of sp³-hybridized carbons (Fsp3) is 0.0909.